The van der Waals surface area contributed by atoms with E-state index in [4.69, 9.17) is 0 Å². The van der Waals surface area contributed by atoms with Crippen molar-refractivity contribution in [3.63, 3.8) is 0 Å². The van der Waals surface area contributed by atoms with Crippen LogP contribution in [0.5, 0.6) is 0 Å². The summed E-state index contributed by atoms with van der Waals surface area (Å²) >= 11 is 1.86. The van der Waals surface area contributed by atoms with Gasteiger partial charge in [0.05, 0.1) is 7.11 Å². The predicted octanol–water partition coefficient (Wildman–Crippen LogP) is 3.58. The van der Waals surface area contributed by atoms with Gasteiger partial charge in [-0.05, 0) is 56.6 Å². The predicted molar refractivity (Wildman–Crippen MR) is 133 cm³/mol. The second kappa shape index (κ2) is 18.7. The molecule has 7 nitrogen and oxygen atoms in total. The first-order chi connectivity index (χ1) is 14.8. The van der Waals surface area contributed by atoms with Crippen LogP contribution in [0.1, 0.15) is 57.8 Å². The third-order valence-corrected chi connectivity index (χ3v) is 4.85. The maximum absolute atomic E-state index is 12.1. The normalized spacial score (nSPS) is 10.1. The average Bonchev–Trinajstić information content (AvgIpc) is 2.76. The molecule has 2 amide bonds. The molecule has 8 heteroatoms. The van der Waals surface area contributed by atoms with Gasteiger partial charge in [0.1, 0.15) is 6.54 Å². The van der Waals surface area contributed by atoms with Gasteiger partial charge in [0, 0.05) is 27.9 Å². The summed E-state index contributed by atoms with van der Waals surface area (Å²) in [6, 6.07) is 7.64. The Balaban J connectivity index is -0.00000138. The zero-order chi connectivity index (χ0) is 23.5. The zero-order valence-corrected chi connectivity index (χ0v) is 20.5. The smallest absolute Gasteiger partial charge is 0.325 e. The Morgan fingerprint density at radius 2 is 1.65 bits per heavy atom. The molecule has 0 radical (unpaired) electrons. The highest BCUT2D eigenvalue weighted by Crippen LogP contribution is 2.07. The molecule has 0 unspecified atom stereocenters. The molecule has 0 atom stereocenters. The molecule has 0 aliphatic rings. The second-order valence-corrected chi connectivity index (χ2v) is 8.44. The number of ether oxygens (including phenoxy) is 1. The standard InChI is InChI=1S/C20H31N3O4.C3H8S.2H2/c1-23(2)15-16-9-11-17(12-10-16)20(26)21-13-7-5-4-6-8-18(24)22-14-19(25)27-3;1-3-4-2;;/h9-12H,4-8,13-15H2,1-3H3,(H,21,26)(H,22,24);3H2,1-2H3;2*1H. The summed E-state index contributed by atoms with van der Waals surface area (Å²) in [4.78, 5) is 36.6. The number of nitrogens with one attached hydrogen (secondary N) is 2. The number of thioether (sulfide) groups is 1. The number of esters is 1. The van der Waals surface area contributed by atoms with E-state index < -0.39 is 5.97 Å². The molecule has 0 aliphatic carbocycles. The Hall–Kier alpha value is -2.06. The highest BCUT2D eigenvalue weighted by molar-refractivity contribution is 7.98. The summed E-state index contributed by atoms with van der Waals surface area (Å²) in [5.74, 6) is 0.575. The minimum Gasteiger partial charge on any atom is -0.468 e. The minimum absolute atomic E-state index is 0. The lowest BCUT2D eigenvalue weighted by molar-refractivity contribution is -0.141. The lowest BCUT2D eigenvalue weighted by Crippen LogP contribution is -2.29. The van der Waals surface area contributed by atoms with Crippen LogP contribution in [-0.2, 0) is 20.9 Å². The molecule has 0 spiro atoms. The van der Waals surface area contributed by atoms with E-state index in [0.717, 1.165) is 32.2 Å². The van der Waals surface area contributed by atoms with Crippen molar-refractivity contribution in [1.29, 1.82) is 0 Å². The molecule has 0 fully saturated rings. The number of methoxy groups -OCH3 is 1. The van der Waals surface area contributed by atoms with Crippen molar-refractivity contribution < 1.29 is 22.0 Å². The molecule has 31 heavy (non-hydrogen) atoms. The topological polar surface area (TPSA) is 87.7 Å². The molecule has 1 rings (SSSR count). The Kier molecular flexibility index (Phi) is 17.4. The van der Waals surface area contributed by atoms with E-state index in [1.165, 1.54) is 18.4 Å². The largest absolute Gasteiger partial charge is 0.468 e. The third kappa shape index (κ3) is 16.3. The second-order valence-electron chi connectivity index (χ2n) is 7.29. The van der Waals surface area contributed by atoms with Gasteiger partial charge in [-0.3, -0.25) is 14.4 Å². The summed E-state index contributed by atoms with van der Waals surface area (Å²) in [6.45, 7) is 3.53. The molecule has 0 bridgehead atoms. The molecular formula is C23H43N3O4S. The van der Waals surface area contributed by atoms with E-state index in [2.05, 4.69) is 33.4 Å². The maximum Gasteiger partial charge on any atom is 0.325 e. The van der Waals surface area contributed by atoms with Crippen molar-refractivity contribution in [2.24, 2.45) is 0 Å². The quantitative estimate of drug-likeness (QED) is 0.348. The number of nitrogens with zero attached hydrogens (tertiary/aromatic N) is 1. The number of amides is 2. The Morgan fingerprint density at radius 1 is 1.03 bits per heavy atom. The van der Waals surface area contributed by atoms with Crippen LogP contribution >= 0.6 is 11.8 Å². The third-order valence-electron chi connectivity index (χ3n) is 4.28. The van der Waals surface area contributed by atoms with Gasteiger partial charge in [-0.15, -0.1) is 0 Å². The lowest BCUT2D eigenvalue weighted by Gasteiger charge is -2.10. The number of unbranched alkanes of at least 4 members (excludes halogenated alkanes) is 3. The first-order valence-electron chi connectivity index (χ1n) is 10.7. The first-order valence-corrected chi connectivity index (χ1v) is 12.1. The van der Waals surface area contributed by atoms with Crippen LogP contribution in [0.15, 0.2) is 24.3 Å². The van der Waals surface area contributed by atoms with Gasteiger partial charge in [0.15, 0.2) is 0 Å². The molecular weight excluding hydrogens is 414 g/mol. The molecule has 180 valence electrons. The van der Waals surface area contributed by atoms with E-state index >= 15 is 0 Å². The Morgan fingerprint density at radius 3 is 2.19 bits per heavy atom. The van der Waals surface area contributed by atoms with Crippen LogP contribution in [0, 0.1) is 0 Å². The van der Waals surface area contributed by atoms with Gasteiger partial charge in [-0.1, -0.05) is 31.9 Å². The molecule has 0 heterocycles. The van der Waals surface area contributed by atoms with E-state index in [0.29, 0.717) is 18.5 Å². The van der Waals surface area contributed by atoms with E-state index in [-0.39, 0.29) is 21.2 Å². The van der Waals surface area contributed by atoms with Crippen molar-refractivity contribution >= 4 is 29.5 Å². The fraction of sp³-hybridized carbons (Fsp3) is 0.609. The summed E-state index contributed by atoms with van der Waals surface area (Å²) in [6.07, 6.45) is 5.96. The molecule has 2 N–H and O–H groups in total. The van der Waals surface area contributed by atoms with Crippen molar-refractivity contribution in [2.75, 3.05) is 46.3 Å². The Labute approximate surface area is 194 Å². The van der Waals surface area contributed by atoms with E-state index in [1.54, 1.807) is 0 Å². The van der Waals surface area contributed by atoms with Crippen LogP contribution in [0.3, 0.4) is 0 Å². The number of hydrogen-bond donors (Lipinski definition) is 2. The van der Waals surface area contributed by atoms with Gasteiger partial charge in [-0.25, -0.2) is 0 Å². The van der Waals surface area contributed by atoms with Gasteiger partial charge >= 0.3 is 5.97 Å². The molecule has 0 saturated carbocycles. The number of hydrogen-bond acceptors (Lipinski definition) is 6. The Bertz CT molecular complexity index is 645. The molecule has 0 saturated heterocycles. The monoisotopic (exact) mass is 457 g/mol. The SMILES string of the molecule is CCSC.COC(=O)CNC(=O)CCCCCCNC(=O)c1ccc(CN(C)C)cc1.[HH].[HH]. The minimum atomic E-state index is -0.452. The number of rotatable bonds is 13. The van der Waals surface area contributed by atoms with Crippen molar-refractivity contribution in [2.45, 2.75) is 45.6 Å². The number of benzene rings is 1. The van der Waals surface area contributed by atoms with Crippen molar-refractivity contribution in [1.82, 2.24) is 15.5 Å². The van der Waals surface area contributed by atoms with Crippen LogP contribution in [-0.4, -0.2) is 69.0 Å². The van der Waals surface area contributed by atoms with E-state index in [9.17, 15) is 14.4 Å². The van der Waals surface area contributed by atoms with Crippen molar-refractivity contribution in [3.8, 4) is 0 Å². The fourth-order valence-corrected chi connectivity index (χ4v) is 2.53. The van der Waals surface area contributed by atoms with Crippen molar-refractivity contribution in [3.05, 3.63) is 35.4 Å². The van der Waals surface area contributed by atoms with Gasteiger partial charge in [0.25, 0.3) is 5.91 Å². The fourth-order valence-electron chi connectivity index (χ4n) is 2.53. The average molecular weight is 458 g/mol. The van der Waals surface area contributed by atoms with Crippen LogP contribution < -0.4 is 10.6 Å². The van der Waals surface area contributed by atoms with Gasteiger partial charge < -0.3 is 20.3 Å². The number of carbonyl (C=O) groups is 3. The van der Waals surface area contributed by atoms with Crippen LogP contribution in [0.2, 0.25) is 0 Å². The summed E-state index contributed by atoms with van der Waals surface area (Å²) in [5.41, 5.74) is 1.84. The lowest BCUT2D eigenvalue weighted by atomic mass is 10.1. The maximum atomic E-state index is 12.1. The van der Waals surface area contributed by atoms with Gasteiger partial charge in [-0.2, -0.15) is 11.8 Å². The molecule has 1 aromatic rings. The highest BCUT2D eigenvalue weighted by atomic mass is 32.2. The first kappa shape index (κ1) is 28.9. The zero-order valence-electron chi connectivity index (χ0n) is 19.7. The van der Waals surface area contributed by atoms with E-state index in [1.807, 2.05) is 50.1 Å². The van der Waals surface area contributed by atoms with Crippen LogP contribution in [0.4, 0.5) is 0 Å². The van der Waals surface area contributed by atoms with Crippen LogP contribution in [0.25, 0.3) is 0 Å². The molecule has 0 aliphatic heterocycles. The molecule has 1 aromatic carbocycles. The molecule has 0 aromatic heterocycles. The highest BCUT2D eigenvalue weighted by Gasteiger charge is 2.06. The van der Waals surface area contributed by atoms with Gasteiger partial charge in [0.2, 0.25) is 5.91 Å². The number of carbonyl (C=O) groups excluding carboxylic acids is 3. The summed E-state index contributed by atoms with van der Waals surface area (Å²) < 4.78 is 4.45. The summed E-state index contributed by atoms with van der Waals surface area (Å²) in [7, 11) is 5.30. The summed E-state index contributed by atoms with van der Waals surface area (Å²) in [5, 5.41) is 5.43.